The van der Waals surface area contributed by atoms with E-state index in [1.165, 1.54) is 18.2 Å². The number of sulfonamides is 1. The fourth-order valence-electron chi connectivity index (χ4n) is 1.60. The van der Waals surface area contributed by atoms with E-state index in [-0.39, 0.29) is 16.5 Å². The molecule has 1 aromatic heterocycles. The first-order valence-corrected chi connectivity index (χ1v) is 7.87. The molecule has 2 aromatic rings. The number of hydrogen-bond donors (Lipinski definition) is 2. The van der Waals surface area contributed by atoms with Crippen molar-refractivity contribution in [3.63, 3.8) is 0 Å². The first kappa shape index (κ1) is 14.6. The van der Waals surface area contributed by atoms with Crippen LogP contribution in [0.5, 0.6) is 5.75 Å². The monoisotopic (exact) mass is 312 g/mol. The molecule has 1 heterocycles. The van der Waals surface area contributed by atoms with Crippen LogP contribution in [0.15, 0.2) is 42.7 Å². The highest BCUT2D eigenvalue weighted by atomic mass is 35.5. The first-order valence-electron chi connectivity index (χ1n) is 5.84. The minimum atomic E-state index is -3.47. The third kappa shape index (κ3) is 4.11. The number of benzene rings is 1. The molecule has 0 atom stereocenters. The van der Waals surface area contributed by atoms with Gasteiger partial charge in [-0.3, -0.25) is 9.71 Å². The zero-order valence-electron chi connectivity index (χ0n) is 10.5. The van der Waals surface area contributed by atoms with E-state index in [9.17, 15) is 13.5 Å². The number of nitrogens with zero attached hydrogens (tertiary/aromatic N) is 1. The Labute approximate surface area is 122 Å². The van der Waals surface area contributed by atoms with Crippen molar-refractivity contribution in [1.82, 2.24) is 4.98 Å². The van der Waals surface area contributed by atoms with E-state index in [4.69, 9.17) is 11.6 Å². The van der Waals surface area contributed by atoms with Crippen molar-refractivity contribution in [2.45, 2.75) is 6.42 Å². The Morgan fingerprint density at radius 1 is 1.20 bits per heavy atom. The predicted molar refractivity (Wildman–Crippen MR) is 78.5 cm³/mol. The summed E-state index contributed by atoms with van der Waals surface area (Å²) < 4.78 is 26.3. The maximum atomic E-state index is 11.9. The maximum Gasteiger partial charge on any atom is 0.233 e. The van der Waals surface area contributed by atoms with Gasteiger partial charge in [0.1, 0.15) is 5.75 Å². The fraction of sp³-hybridized carbons (Fsp3) is 0.154. The summed E-state index contributed by atoms with van der Waals surface area (Å²) in [7, 11) is -3.47. The molecule has 0 aliphatic rings. The highest BCUT2D eigenvalue weighted by Gasteiger charge is 2.11. The number of hydrogen-bond acceptors (Lipinski definition) is 4. The maximum absolute atomic E-state index is 11.9. The standard InChI is InChI=1S/C13H13ClN2O3S/c14-12-9-11(1-2-13(12)17)16-20(18,19)8-5-10-3-6-15-7-4-10/h1-4,6-7,9,16-17H,5,8H2. The van der Waals surface area contributed by atoms with Crippen LogP contribution in [0, 0.1) is 0 Å². The van der Waals surface area contributed by atoms with Gasteiger partial charge in [-0.2, -0.15) is 0 Å². The van der Waals surface area contributed by atoms with Gasteiger partial charge in [-0.25, -0.2) is 8.42 Å². The molecule has 106 valence electrons. The Hall–Kier alpha value is -1.79. The third-order valence-corrected chi connectivity index (χ3v) is 4.22. The van der Waals surface area contributed by atoms with Gasteiger partial charge >= 0.3 is 0 Å². The van der Waals surface area contributed by atoms with Gasteiger partial charge in [0.15, 0.2) is 0 Å². The summed E-state index contributed by atoms with van der Waals surface area (Å²) in [6.07, 6.45) is 3.63. The summed E-state index contributed by atoms with van der Waals surface area (Å²) >= 11 is 5.72. The van der Waals surface area contributed by atoms with E-state index >= 15 is 0 Å². The van der Waals surface area contributed by atoms with Crippen LogP contribution in [-0.4, -0.2) is 24.3 Å². The van der Waals surface area contributed by atoms with Crippen LogP contribution >= 0.6 is 11.6 Å². The highest BCUT2D eigenvalue weighted by molar-refractivity contribution is 7.92. The summed E-state index contributed by atoms with van der Waals surface area (Å²) in [4.78, 5) is 3.87. The molecule has 0 unspecified atom stereocenters. The molecule has 0 saturated carbocycles. The van der Waals surface area contributed by atoms with Crippen molar-refractivity contribution < 1.29 is 13.5 Å². The molecule has 2 rings (SSSR count). The molecule has 0 aliphatic carbocycles. The molecule has 20 heavy (non-hydrogen) atoms. The Balaban J connectivity index is 2.02. The van der Waals surface area contributed by atoms with Crippen LogP contribution in [0.2, 0.25) is 5.02 Å². The fourth-order valence-corrected chi connectivity index (χ4v) is 2.88. The summed E-state index contributed by atoms with van der Waals surface area (Å²) in [5.41, 5.74) is 1.22. The summed E-state index contributed by atoms with van der Waals surface area (Å²) in [6, 6.07) is 7.69. The molecule has 0 radical (unpaired) electrons. The molecule has 0 bridgehead atoms. The van der Waals surface area contributed by atoms with E-state index in [1.807, 2.05) is 0 Å². The van der Waals surface area contributed by atoms with Gasteiger partial charge < -0.3 is 5.11 Å². The van der Waals surface area contributed by atoms with E-state index in [2.05, 4.69) is 9.71 Å². The molecular weight excluding hydrogens is 300 g/mol. The molecule has 1 aromatic carbocycles. The number of aromatic hydroxyl groups is 1. The number of phenolic OH excluding ortho intramolecular Hbond substituents is 1. The van der Waals surface area contributed by atoms with Crippen molar-refractivity contribution in [3.8, 4) is 5.75 Å². The van der Waals surface area contributed by atoms with Gasteiger partial charge in [0.2, 0.25) is 10.0 Å². The van der Waals surface area contributed by atoms with Crippen LogP contribution in [0.25, 0.3) is 0 Å². The van der Waals surface area contributed by atoms with Gasteiger partial charge in [0.05, 0.1) is 16.5 Å². The Bertz CT molecular complexity index is 690. The number of nitrogens with one attached hydrogen (secondary N) is 1. The molecule has 0 aliphatic heterocycles. The van der Waals surface area contributed by atoms with E-state index in [0.717, 1.165) is 5.56 Å². The highest BCUT2D eigenvalue weighted by Crippen LogP contribution is 2.26. The van der Waals surface area contributed by atoms with Crippen molar-refractivity contribution in [3.05, 3.63) is 53.3 Å². The van der Waals surface area contributed by atoms with Gasteiger partial charge in [-0.15, -0.1) is 0 Å². The van der Waals surface area contributed by atoms with Crippen LogP contribution in [0.4, 0.5) is 5.69 Å². The molecule has 0 amide bonds. The Kier molecular flexibility index (Phi) is 4.46. The van der Waals surface area contributed by atoms with E-state index in [1.54, 1.807) is 24.5 Å². The average Bonchev–Trinajstić information content (AvgIpc) is 2.42. The lowest BCUT2D eigenvalue weighted by Gasteiger charge is -2.08. The second-order valence-electron chi connectivity index (χ2n) is 4.19. The molecule has 5 nitrogen and oxygen atoms in total. The lowest BCUT2D eigenvalue weighted by molar-refractivity contribution is 0.475. The second kappa shape index (κ2) is 6.11. The number of aromatic nitrogens is 1. The molecule has 7 heteroatoms. The number of halogens is 1. The topological polar surface area (TPSA) is 79.3 Å². The number of aryl methyl sites for hydroxylation is 1. The lowest BCUT2D eigenvalue weighted by Crippen LogP contribution is -2.18. The zero-order valence-corrected chi connectivity index (χ0v) is 12.0. The quantitative estimate of drug-likeness (QED) is 0.831. The largest absolute Gasteiger partial charge is 0.506 e. The normalized spacial score (nSPS) is 11.2. The summed E-state index contributed by atoms with van der Waals surface area (Å²) in [5, 5.41) is 9.38. The summed E-state index contributed by atoms with van der Waals surface area (Å²) in [5.74, 6) is -0.137. The number of anilines is 1. The molecule has 0 saturated heterocycles. The molecule has 0 spiro atoms. The van der Waals surface area contributed by atoms with Crippen LogP contribution < -0.4 is 4.72 Å². The second-order valence-corrected chi connectivity index (χ2v) is 6.44. The first-order chi connectivity index (χ1) is 9.46. The van der Waals surface area contributed by atoms with Gasteiger partial charge in [-0.1, -0.05) is 11.6 Å². The lowest BCUT2D eigenvalue weighted by atomic mass is 10.2. The number of pyridine rings is 1. The average molecular weight is 313 g/mol. The van der Waals surface area contributed by atoms with E-state index < -0.39 is 10.0 Å². The number of rotatable bonds is 5. The number of phenols is 1. The van der Waals surface area contributed by atoms with Crippen molar-refractivity contribution in [2.75, 3.05) is 10.5 Å². The van der Waals surface area contributed by atoms with Crippen LogP contribution in [0.3, 0.4) is 0 Å². The minimum Gasteiger partial charge on any atom is -0.506 e. The van der Waals surface area contributed by atoms with E-state index in [0.29, 0.717) is 12.1 Å². The van der Waals surface area contributed by atoms with Crippen molar-refractivity contribution in [2.24, 2.45) is 0 Å². The van der Waals surface area contributed by atoms with Crippen LogP contribution in [-0.2, 0) is 16.4 Å². The van der Waals surface area contributed by atoms with Crippen molar-refractivity contribution in [1.29, 1.82) is 0 Å². The van der Waals surface area contributed by atoms with Gasteiger partial charge in [0.25, 0.3) is 0 Å². The molecular formula is C13H13ClN2O3S. The Morgan fingerprint density at radius 2 is 1.90 bits per heavy atom. The van der Waals surface area contributed by atoms with Gasteiger partial charge in [0, 0.05) is 12.4 Å². The van der Waals surface area contributed by atoms with Crippen molar-refractivity contribution >= 4 is 27.3 Å². The Morgan fingerprint density at radius 3 is 2.55 bits per heavy atom. The minimum absolute atomic E-state index is 0.0461. The predicted octanol–water partition coefficient (Wildman–Crippen LogP) is 2.42. The zero-order chi connectivity index (χ0) is 14.6. The van der Waals surface area contributed by atoms with Gasteiger partial charge in [-0.05, 0) is 42.3 Å². The smallest absolute Gasteiger partial charge is 0.233 e. The third-order valence-electron chi connectivity index (χ3n) is 2.63. The summed E-state index contributed by atoms with van der Waals surface area (Å²) in [6.45, 7) is 0. The molecule has 0 fully saturated rings. The SMILES string of the molecule is O=S(=O)(CCc1ccncc1)Nc1ccc(O)c(Cl)c1. The van der Waals surface area contributed by atoms with Crippen LogP contribution in [0.1, 0.15) is 5.56 Å². The molecule has 2 N–H and O–H groups in total.